The van der Waals surface area contributed by atoms with E-state index >= 15 is 0 Å². The summed E-state index contributed by atoms with van der Waals surface area (Å²) in [4.78, 5) is 14.5. The van der Waals surface area contributed by atoms with Crippen LogP contribution in [0.5, 0.6) is 5.75 Å². The predicted octanol–water partition coefficient (Wildman–Crippen LogP) is 1.31. The van der Waals surface area contributed by atoms with Crippen LogP contribution in [0, 0.1) is 5.82 Å². The minimum atomic E-state index is -0.546. The number of nitrogens with two attached hydrogens (primary N) is 1. The number of amides is 1. The fourth-order valence-electron chi connectivity index (χ4n) is 3.61. The number of carbonyl (C=O) groups is 1. The van der Waals surface area contributed by atoms with Crippen LogP contribution in [0.3, 0.4) is 0 Å². The molecule has 1 atom stereocenters. The van der Waals surface area contributed by atoms with Crippen LogP contribution in [-0.2, 0) is 4.74 Å². The molecule has 0 bridgehead atoms. The second-order valence-corrected chi connectivity index (χ2v) is 6.64. The lowest BCUT2D eigenvalue weighted by Gasteiger charge is -2.46. The Morgan fingerprint density at radius 1 is 1.44 bits per heavy atom. The van der Waals surface area contributed by atoms with E-state index in [1.54, 1.807) is 4.90 Å². The van der Waals surface area contributed by atoms with Crippen molar-refractivity contribution < 1.29 is 23.8 Å². The molecule has 7 heteroatoms. The number of halogens is 1. The van der Waals surface area contributed by atoms with Gasteiger partial charge in [-0.05, 0) is 43.9 Å². The highest BCUT2D eigenvalue weighted by molar-refractivity contribution is 5.97. The van der Waals surface area contributed by atoms with Gasteiger partial charge in [-0.2, -0.15) is 0 Å². The minimum Gasteiger partial charge on any atom is -0.491 e. The molecular formula is C18H25FN2O4. The average molecular weight is 352 g/mol. The molecule has 1 aromatic carbocycles. The molecule has 2 aliphatic heterocycles. The highest BCUT2D eigenvalue weighted by Gasteiger charge is 2.44. The molecule has 25 heavy (non-hydrogen) atoms. The van der Waals surface area contributed by atoms with Crippen molar-refractivity contribution in [2.24, 2.45) is 5.73 Å². The molecule has 6 nitrogen and oxygen atoms in total. The second-order valence-electron chi connectivity index (χ2n) is 6.64. The summed E-state index contributed by atoms with van der Waals surface area (Å²) in [7, 11) is 0. The Labute approximate surface area is 146 Å². The second kappa shape index (κ2) is 7.68. The predicted molar refractivity (Wildman–Crippen MR) is 90.0 cm³/mol. The zero-order valence-corrected chi connectivity index (χ0v) is 14.2. The van der Waals surface area contributed by atoms with Gasteiger partial charge in [0.25, 0.3) is 5.91 Å². The van der Waals surface area contributed by atoms with Gasteiger partial charge in [-0.25, -0.2) is 4.39 Å². The summed E-state index contributed by atoms with van der Waals surface area (Å²) in [6.07, 6.45) is 2.25. The summed E-state index contributed by atoms with van der Waals surface area (Å²) in [5, 5.41) is 10.3. The monoisotopic (exact) mass is 352 g/mol. The van der Waals surface area contributed by atoms with Crippen molar-refractivity contribution in [2.45, 2.75) is 37.4 Å². The van der Waals surface area contributed by atoms with Crippen molar-refractivity contribution in [2.75, 3.05) is 32.8 Å². The molecule has 0 aromatic heterocycles. The van der Waals surface area contributed by atoms with E-state index < -0.39 is 17.5 Å². The SMILES string of the molecule is NCCOc1ccc(F)cc1C(=O)N1CCC2(CC1)OCCC[C@@H]2O. The number of aliphatic hydroxyl groups is 1. The van der Waals surface area contributed by atoms with Crippen LogP contribution in [0.4, 0.5) is 4.39 Å². The van der Waals surface area contributed by atoms with Crippen LogP contribution in [-0.4, -0.2) is 60.5 Å². The summed E-state index contributed by atoms with van der Waals surface area (Å²) >= 11 is 0. The standard InChI is InChI=1S/C18H25FN2O4/c19-13-3-4-15(24-11-7-20)14(12-13)17(23)21-8-5-18(6-9-21)16(22)2-1-10-25-18/h3-4,12,16,22H,1-2,5-11,20H2/t16-/m0/s1. The lowest BCUT2D eigenvalue weighted by atomic mass is 9.82. The molecule has 3 rings (SSSR count). The van der Waals surface area contributed by atoms with Gasteiger partial charge in [0.2, 0.25) is 0 Å². The van der Waals surface area contributed by atoms with Crippen LogP contribution in [0.15, 0.2) is 18.2 Å². The van der Waals surface area contributed by atoms with Gasteiger partial charge in [0.05, 0.1) is 17.3 Å². The number of ether oxygens (including phenoxy) is 2. The third-order valence-corrected chi connectivity index (χ3v) is 5.06. The smallest absolute Gasteiger partial charge is 0.257 e. The maximum Gasteiger partial charge on any atom is 0.257 e. The Kier molecular flexibility index (Phi) is 5.56. The van der Waals surface area contributed by atoms with Crippen LogP contribution >= 0.6 is 0 Å². The number of likely N-dealkylation sites (tertiary alicyclic amines) is 1. The Morgan fingerprint density at radius 3 is 2.88 bits per heavy atom. The van der Waals surface area contributed by atoms with E-state index in [0.717, 1.165) is 12.8 Å². The van der Waals surface area contributed by atoms with E-state index in [2.05, 4.69) is 0 Å². The molecule has 2 saturated heterocycles. The molecule has 3 N–H and O–H groups in total. The maximum atomic E-state index is 13.6. The van der Waals surface area contributed by atoms with Crippen LogP contribution in [0.1, 0.15) is 36.0 Å². The van der Waals surface area contributed by atoms with Crippen molar-refractivity contribution in [3.63, 3.8) is 0 Å². The van der Waals surface area contributed by atoms with E-state index in [-0.39, 0.29) is 18.1 Å². The topological polar surface area (TPSA) is 85.0 Å². The molecule has 1 aromatic rings. The molecular weight excluding hydrogens is 327 g/mol. The third kappa shape index (κ3) is 3.78. The number of hydrogen-bond donors (Lipinski definition) is 2. The lowest BCUT2D eigenvalue weighted by molar-refractivity contribution is -0.174. The Balaban J connectivity index is 1.71. The summed E-state index contributed by atoms with van der Waals surface area (Å²) in [6.45, 7) is 2.14. The maximum absolute atomic E-state index is 13.6. The van der Waals surface area contributed by atoms with E-state index in [0.29, 0.717) is 44.8 Å². The molecule has 2 aliphatic rings. The van der Waals surface area contributed by atoms with Gasteiger partial charge >= 0.3 is 0 Å². The van der Waals surface area contributed by atoms with Gasteiger partial charge in [-0.3, -0.25) is 4.79 Å². The van der Waals surface area contributed by atoms with Crippen molar-refractivity contribution in [1.29, 1.82) is 0 Å². The first kappa shape index (κ1) is 18.1. The molecule has 138 valence electrons. The van der Waals surface area contributed by atoms with Crippen LogP contribution in [0.2, 0.25) is 0 Å². The fourth-order valence-corrected chi connectivity index (χ4v) is 3.61. The molecule has 2 fully saturated rings. The zero-order chi connectivity index (χ0) is 17.9. The third-order valence-electron chi connectivity index (χ3n) is 5.06. The molecule has 1 amide bonds. The largest absolute Gasteiger partial charge is 0.491 e. The number of nitrogens with zero attached hydrogens (tertiary/aromatic N) is 1. The normalized spacial score (nSPS) is 22.8. The number of hydrogen-bond acceptors (Lipinski definition) is 5. The first-order valence-corrected chi connectivity index (χ1v) is 8.79. The van der Waals surface area contributed by atoms with Gasteiger partial charge < -0.3 is 25.2 Å². The van der Waals surface area contributed by atoms with Crippen molar-refractivity contribution >= 4 is 5.91 Å². The van der Waals surface area contributed by atoms with E-state index in [4.69, 9.17) is 15.2 Å². The van der Waals surface area contributed by atoms with Gasteiger partial charge in [-0.15, -0.1) is 0 Å². The first-order chi connectivity index (χ1) is 12.1. The molecule has 1 spiro atoms. The Morgan fingerprint density at radius 2 is 2.20 bits per heavy atom. The summed E-state index contributed by atoms with van der Waals surface area (Å²) in [6, 6.07) is 3.92. The number of piperidine rings is 1. The summed E-state index contributed by atoms with van der Waals surface area (Å²) < 4.78 is 25.0. The van der Waals surface area contributed by atoms with E-state index in [1.165, 1.54) is 18.2 Å². The van der Waals surface area contributed by atoms with Gasteiger partial charge in [-0.1, -0.05) is 0 Å². The zero-order valence-electron chi connectivity index (χ0n) is 14.2. The Bertz CT molecular complexity index is 617. The number of benzene rings is 1. The Hall–Kier alpha value is -1.70. The van der Waals surface area contributed by atoms with Crippen LogP contribution < -0.4 is 10.5 Å². The number of aliphatic hydroxyl groups excluding tert-OH is 1. The molecule has 0 saturated carbocycles. The molecule has 0 radical (unpaired) electrons. The lowest BCUT2D eigenvalue weighted by Crippen LogP contribution is -2.56. The van der Waals surface area contributed by atoms with Crippen LogP contribution in [0.25, 0.3) is 0 Å². The van der Waals surface area contributed by atoms with Crippen molar-refractivity contribution in [1.82, 2.24) is 4.90 Å². The quantitative estimate of drug-likeness (QED) is 0.853. The fraction of sp³-hybridized carbons (Fsp3) is 0.611. The van der Waals surface area contributed by atoms with Crippen molar-refractivity contribution in [3.05, 3.63) is 29.6 Å². The number of rotatable bonds is 4. The van der Waals surface area contributed by atoms with Gasteiger partial charge in [0.15, 0.2) is 0 Å². The average Bonchev–Trinajstić information content (AvgIpc) is 2.63. The van der Waals surface area contributed by atoms with Crippen molar-refractivity contribution in [3.8, 4) is 5.75 Å². The van der Waals surface area contributed by atoms with Gasteiger partial charge in [0.1, 0.15) is 18.2 Å². The van der Waals surface area contributed by atoms with E-state index in [1.807, 2.05) is 0 Å². The van der Waals surface area contributed by atoms with Gasteiger partial charge in [0, 0.05) is 26.2 Å². The molecule has 2 heterocycles. The summed E-state index contributed by atoms with van der Waals surface area (Å²) in [5.41, 5.74) is 5.09. The molecule has 0 aliphatic carbocycles. The highest BCUT2D eigenvalue weighted by atomic mass is 19.1. The first-order valence-electron chi connectivity index (χ1n) is 8.79. The highest BCUT2D eigenvalue weighted by Crippen LogP contribution is 2.36. The molecule has 0 unspecified atom stereocenters. The minimum absolute atomic E-state index is 0.203. The van der Waals surface area contributed by atoms with E-state index in [9.17, 15) is 14.3 Å². The number of carbonyl (C=O) groups excluding carboxylic acids is 1. The summed E-state index contributed by atoms with van der Waals surface area (Å²) in [5.74, 6) is -0.416.